The lowest BCUT2D eigenvalue weighted by Gasteiger charge is -2.26. The van der Waals surface area contributed by atoms with Crippen molar-refractivity contribution in [2.45, 2.75) is 52.4 Å². The van der Waals surface area contributed by atoms with Gasteiger partial charge < -0.3 is 5.11 Å². The Balaban J connectivity index is 3.45. The first kappa shape index (κ1) is 13.6. The van der Waals surface area contributed by atoms with Gasteiger partial charge in [0.15, 0.2) is 0 Å². The largest absolute Gasteiger partial charge is 0.508 e. The second-order valence-electron chi connectivity index (χ2n) is 6.35. The topological polar surface area (TPSA) is 20.2 Å². The zero-order valence-corrected chi connectivity index (χ0v) is 12.6. The minimum atomic E-state index is -0.0369. The Morgan fingerprint density at radius 1 is 0.875 bits per heavy atom. The number of benzene rings is 1. The van der Waals surface area contributed by atoms with Crippen LogP contribution in [0.3, 0.4) is 0 Å². The molecular weight excluding hydrogens is 264 g/mol. The third kappa shape index (κ3) is 2.79. The Labute approximate surface area is 107 Å². The van der Waals surface area contributed by atoms with Crippen LogP contribution in [0.4, 0.5) is 0 Å². The maximum absolute atomic E-state index is 9.99. The van der Waals surface area contributed by atoms with Crippen LogP contribution in [-0.4, -0.2) is 5.11 Å². The predicted octanol–water partition coefficient (Wildman–Crippen LogP) is 4.75. The molecule has 0 saturated carbocycles. The summed E-state index contributed by atoms with van der Waals surface area (Å²) in [5.74, 6) is 0.368. The van der Waals surface area contributed by atoms with Crippen LogP contribution in [0.25, 0.3) is 0 Å². The first-order chi connectivity index (χ1) is 7.03. The lowest BCUT2D eigenvalue weighted by atomic mass is 9.80. The Hall–Kier alpha value is -0.500. The average molecular weight is 285 g/mol. The molecule has 1 rings (SSSR count). The summed E-state index contributed by atoms with van der Waals surface area (Å²) in [7, 11) is 0. The van der Waals surface area contributed by atoms with Gasteiger partial charge in [-0.25, -0.2) is 0 Å². The molecule has 0 unspecified atom stereocenters. The van der Waals surface area contributed by atoms with Crippen LogP contribution in [-0.2, 0) is 10.8 Å². The maximum Gasteiger partial charge on any atom is 0.120 e. The van der Waals surface area contributed by atoms with Crippen molar-refractivity contribution in [3.05, 3.63) is 27.7 Å². The van der Waals surface area contributed by atoms with Crippen LogP contribution in [0.1, 0.15) is 52.7 Å². The van der Waals surface area contributed by atoms with Gasteiger partial charge in [-0.15, -0.1) is 0 Å². The maximum atomic E-state index is 9.99. The van der Waals surface area contributed by atoms with Gasteiger partial charge in [-0.3, -0.25) is 0 Å². The zero-order valence-electron chi connectivity index (χ0n) is 11.0. The molecule has 1 nitrogen and oxygen atoms in total. The van der Waals surface area contributed by atoms with Crippen molar-refractivity contribution in [1.29, 1.82) is 0 Å². The Kier molecular flexibility index (Phi) is 3.45. The summed E-state index contributed by atoms with van der Waals surface area (Å²) < 4.78 is 0.977. The molecule has 0 spiro atoms. The van der Waals surface area contributed by atoms with E-state index in [-0.39, 0.29) is 10.8 Å². The van der Waals surface area contributed by atoms with E-state index in [1.165, 1.54) is 5.56 Å². The van der Waals surface area contributed by atoms with Crippen molar-refractivity contribution < 1.29 is 5.11 Å². The zero-order chi connectivity index (χ0) is 12.7. The number of hydrogen-bond acceptors (Lipinski definition) is 1. The molecule has 16 heavy (non-hydrogen) atoms. The number of rotatable bonds is 0. The molecule has 0 aromatic heterocycles. The van der Waals surface area contributed by atoms with E-state index < -0.39 is 0 Å². The average Bonchev–Trinajstić information content (AvgIpc) is 1.97. The van der Waals surface area contributed by atoms with Crippen molar-refractivity contribution in [2.24, 2.45) is 0 Å². The van der Waals surface area contributed by atoms with E-state index in [0.717, 1.165) is 10.0 Å². The van der Waals surface area contributed by atoms with E-state index in [2.05, 4.69) is 63.5 Å². The summed E-state index contributed by atoms with van der Waals surface area (Å²) in [4.78, 5) is 0. The number of phenolic OH excluding ortho intramolecular Hbond substituents is 1. The van der Waals surface area contributed by atoms with E-state index in [9.17, 15) is 5.11 Å². The SMILES string of the molecule is CC(C)(C)c1cc(C(C)(C)C)c(Br)cc1O. The Morgan fingerprint density at radius 3 is 1.69 bits per heavy atom. The number of halogens is 1. The molecule has 0 aliphatic carbocycles. The predicted molar refractivity (Wildman–Crippen MR) is 73.2 cm³/mol. The van der Waals surface area contributed by atoms with Crippen LogP contribution in [0.2, 0.25) is 0 Å². The molecule has 0 amide bonds. The number of aromatic hydroxyl groups is 1. The lowest BCUT2D eigenvalue weighted by Crippen LogP contribution is -2.17. The van der Waals surface area contributed by atoms with E-state index in [0.29, 0.717) is 5.75 Å². The van der Waals surface area contributed by atoms with Crippen LogP contribution < -0.4 is 0 Å². The van der Waals surface area contributed by atoms with Crippen LogP contribution in [0.5, 0.6) is 5.75 Å². The summed E-state index contributed by atoms with van der Waals surface area (Å²) in [5, 5.41) is 9.99. The fourth-order valence-electron chi connectivity index (χ4n) is 1.74. The first-order valence-electron chi connectivity index (χ1n) is 5.57. The molecule has 0 fully saturated rings. The van der Waals surface area contributed by atoms with E-state index in [1.807, 2.05) is 0 Å². The van der Waals surface area contributed by atoms with Crippen LogP contribution in [0.15, 0.2) is 16.6 Å². The molecule has 1 aromatic carbocycles. The molecule has 0 aliphatic heterocycles. The van der Waals surface area contributed by atoms with Crippen molar-refractivity contribution in [2.75, 3.05) is 0 Å². The molecule has 0 heterocycles. The molecular formula is C14H21BrO. The standard InChI is InChI=1S/C14H21BrO/c1-13(2,3)9-7-10(14(4,5)6)12(16)8-11(9)15/h7-8,16H,1-6H3. The first-order valence-corrected chi connectivity index (χ1v) is 6.36. The quantitative estimate of drug-likeness (QED) is 0.729. The molecule has 1 N–H and O–H groups in total. The smallest absolute Gasteiger partial charge is 0.120 e. The van der Waals surface area contributed by atoms with Gasteiger partial charge in [0.25, 0.3) is 0 Å². The fourth-order valence-corrected chi connectivity index (χ4v) is 2.66. The fraction of sp³-hybridized carbons (Fsp3) is 0.571. The summed E-state index contributed by atoms with van der Waals surface area (Å²) in [5.41, 5.74) is 2.27. The number of hydrogen-bond donors (Lipinski definition) is 1. The minimum absolute atomic E-state index is 0.0369. The third-order valence-corrected chi connectivity index (χ3v) is 3.36. The second kappa shape index (κ2) is 4.06. The van der Waals surface area contributed by atoms with Gasteiger partial charge in [-0.2, -0.15) is 0 Å². The van der Waals surface area contributed by atoms with Crippen molar-refractivity contribution in [3.8, 4) is 5.75 Å². The molecule has 1 aromatic rings. The molecule has 0 aliphatic rings. The van der Waals surface area contributed by atoms with Gasteiger partial charge >= 0.3 is 0 Å². The monoisotopic (exact) mass is 284 g/mol. The minimum Gasteiger partial charge on any atom is -0.508 e. The lowest BCUT2D eigenvalue weighted by molar-refractivity contribution is 0.444. The number of phenols is 1. The molecule has 2 heteroatoms. The summed E-state index contributed by atoms with van der Waals surface area (Å²) in [6.07, 6.45) is 0. The van der Waals surface area contributed by atoms with Gasteiger partial charge in [0.05, 0.1) is 0 Å². The van der Waals surface area contributed by atoms with Gasteiger partial charge in [-0.1, -0.05) is 57.5 Å². The second-order valence-corrected chi connectivity index (χ2v) is 7.20. The van der Waals surface area contributed by atoms with E-state index >= 15 is 0 Å². The third-order valence-electron chi connectivity index (χ3n) is 2.70. The van der Waals surface area contributed by atoms with Crippen molar-refractivity contribution in [1.82, 2.24) is 0 Å². The van der Waals surface area contributed by atoms with Gasteiger partial charge in [0.2, 0.25) is 0 Å². The molecule has 0 bridgehead atoms. The Bertz CT molecular complexity index is 359. The highest BCUT2D eigenvalue weighted by atomic mass is 79.9. The van der Waals surface area contributed by atoms with E-state index in [1.54, 1.807) is 6.07 Å². The van der Waals surface area contributed by atoms with Gasteiger partial charge in [-0.05, 0) is 34.1 Å². The van der Waals surface area contributed by atoms with Gasteiger partial charge in [0.1, 0.15) is 5.75 Å². The highest BCUT2D eigenvalue weighted by molar-refractivity contribution is 9.10. The van der Waals surface area contributed by atoms with Crippen LogP contribution >= 0.6 is 15.9 Å². The van der Waals surface area contributed by atoms with Crippen LogP contribution in [0, 0.1) is 0 Å². The normalized spacial score (nSPS) is 12.9. The Morgan fingerprint density at radius 2 is 1.31 bits per heavy atom. The summed E-state index contributed by atoms with van der Waals surface area (Å²) >= 11 is 3.52. The molecule has 0 atom stereocenters. The van der Waals surface area contributed by atoms with Crippen molar-refractivity contribution >= 4 is 15.9 Å². The highest BCUT2D eigenvalue weighted by Crippen LogP contribution is 2.39. The van der Waals surface area contributed by atoms with E-state index in [4.69, 9.17) is 0 Å². The molecule has 90 valence electrons. The van der Waals surface area contributed by atoms with Gasteiger partial charge in [0, 0.05) is 4.47 Å². The molecule has 0 radical (unpaired) electrons. The highest BCUT2D eigenvalue weighted by Gasteiger charge is 2.24. The molecule has 0 saturated heterocycles. The van der Waals surface area contributed by atoms with Crippen molar-refractivity contribution in [3.63, 3.8) is 0 Å². The summed E-state index contributed by atoms with van der Waals surface area (Å²) in [6, 6.07) is 3.92. The summed E-state index contributed by atoms with van der Waals surface area (Å²) in [6.45, 7) is 12.9.